The molecule has 0 radical (unpaired) electrons. The molecule has 0 aliphatic carbocycles. The molecule has 1 atom stereocenters. The summed E-state index contributed by atoms with van der Waals surface area (Å²) in [6.07, 6.45) is 6.62. The maximum absolute atomic E-state index is 8.84. The van der Waals surface area contributed by atoms with Gasteiger partial charge in [0.25, 0.3) is 0 Å². The van der Waals surface area contributed by atoms with Gasteiger partial charge in [-0.15, -0.1) is 11.3 Å². The molecule has 4 heteroatoms. The van der Waals surface area contributed by atoms with E-state index in [2.05, 4.69) is 9.88 Å². The van der Waals surface area contributed by atoms with Crippen LogP contribution < -0.4 is 0 Å². The van der Waals surface area contributed by atoms with Crippen molar-refractivity contribution in [2.45, 2.75) is 38.3 Å². The number of aliphatic hydroxyl groups is 1. The van der Waals surface area contributed by atoms with Gasteiger partial charge in [0.1, 0.15) is 0 Å². The van der Waals surface area contributed by atoms with Gasteiger partial charge < -0.3 is 5.11 Å². The number of rotatable bonds is 5. The molecule has 0 aromatic carbocycles. The fraction of sp³-hybridized carbons (Fsp3) is 0.727. The summed E-state index contributed by atoms with van der Waals surface area (Å²) in [7, 11) is 0. The van der Waals surface area contributed by atoms with Crippen molar-refractivity contribution in [3.8, 4) is 0 Å². The van der Waals surface area contributed by atoms with Crippen molar-refractivity contribution < 1.29 is 5.11 Å². The van der Waals surface area contributed by atoms with E-state index in [9.17, 15) is 0 Å². The summed E-state index contributed by atoms with van der Waals surface area (Å²) < 4.78 is 0. The van der Waals surface area contributed by atoms with Crippen LogP contribution >= 0.6 is 11.3 Å². The van der Waals surface area contributed by atoms with E-state index in [4.69, 9.17) is 5.11 Å². The minimum Gasteiger partial charge on any atom is -0.396 e. The lowest BCUT2D eigenvalue weighted by Crippen LogP contribution is -2.28. The van der Waals surface area contributed by atoms with E-state index >= 15 is 0 Å². The van der Waals surface area contributed by atoms with Gasteiger partial charge in [-0.1, -0.05) is 0 Å². The van der Waals surface area contributed by atoms with Crippen LogP contribution in [0.5, 0.6) is 0 Å². The first-order valence-electron chi connectivity index (χ1n) is 5.62. The standard InChI is InChI=1S/C11H18N2OS/c14-6-2-4-10-3-1-5-13(10)8-11-7-12-9-15-11/h7,9-10,14H,1-6,8H2. The molecule has 0 saturated carbocycles. The number of aromatic nitrogens is 1. The highest BCUT2D eigenvalue weighted by Gasteiger charge is 2.23. The molecule has 1 saturated heterocycles. The predicted molar refractivity (Wildman–Crippen MR) is 61.9 cm³/mol. The Kier molecular flexibility index (Phi) is 4.11. The fourth-order valence-corrected chi connectivity index (χ4v) is 2.90. The van der Waals surface area contributed by atoms with Crippen LogP contribution in [0, 0.1) is 0 Å². The van der Waals surface area contributed by atoms with E-state index in [1.54, 1.807) is 11.3 Å². The van der Waals surface area contributed by atoms with Crippen LogP contribution in [-0.2, 0) is 6.54 Å². The molecule has 0 bridgehead atoms. The van der Waals surface area contributed by atoms with Gasteiger partial charge in [0, 0.05) is 30.3 Å². The van der Waals surface area contributed by atoms with Crippen LogP contribution in [0.2, 0.25) is 0 Å². The molecular formula is C11H18N2OS. The zero-order chi connectivity index (χ0) is 10.5. The smallest absolute Gasteiger partial charge is 0.0794 e. The Balaban J connectivity index is 1.85. The van der Waals surface area contributed by atoms with Crippen LogP contribution in [0.3, 0.4) is 0 Å². The Bertz CT molecular complexity index is 276. The molecule has 1 aliphatic rings. The Morgan fingerprint density at radius 3 is 3.27 bits per heavy atom. The lowest BCUT2D eigenvalue weighted by molar-refractivity contribution is 0.211. The molecule has 0 spiro atoms. The molecule has 15 heavy (non-hydrogen) atoms. The van der Waals surface area contributed by atoms with Gasteiger partial charge in [-0.25, -0.2) is 0 Å². The maximum Gasteiger partial charge on any atom is 0.0794 e. The van der Waals surface area contributed by atoms with Crippen molar-refractivity contribution in [3.63, 3.8) is 0 Å². The molecule has 3 nitrogen and oxygen atoms in total. The molecular weight excluding hydrogens is 208 g/mol. The lowest BCUT2D eigenvalue weighted by atomic mass is 10.1. The van der Waals surface area contributed by atoms with Crippen molar-refractivity contribution in [3.05, 3.63) is 16.6 Å². The molecule has 1 aromatic rings. The summed E-state index contributed by atoms with van der Waals surface area (Å²) in [6.45, 7) is 2.57. The normalized spacial score (nSPS) is 22.3. The van der Waals surface area contributed by atoms with Crippen molar-refractivity contribution in [1.82, 2.24) is 9.88 Å². The number of likely N-dealkylation sites (tertiary alicyclic amines) is 1. The van der Waals surface area contributed by atoms with Crippen molar-refractivity contribution >= 4 is 11.3 Å². The van der Waals surface area contributed by atoms with Crippen molar-refractivity contribution in [2.75, 3.05) is 13.2 Å². The number of hydrogen-bond donors (Lipinski definition) is 1. The third kappa shape index (κ3) is 3.00. The molecule has 84 valence electrons. The predicted octanol–water partition coefficient (Wildman–Crippen LogP) is 1.88. The zero-order valence-corrected chi connectivity index (χ0v) is 9.75. The third-order valence-corrected chi connectivity index (χ3v) is 3.80. The molecule has 2 rings (SSSR count). The van der Waals surface area contributed by atoms with E-state index < -0.39 is 0 Å². The van der Waals surface area contributed by atoms with Crippen LogP contribution in [0.15, 0.2) is 11.7 Å². The number of hydrogen-bond acceptors (Lipinski definition) is 4. The number of nitrogens with zero attached hydrogens (tertiary/aromatic N) is 2. The monoisotopic (exact) mass is 226 g/mol. The first-order valence-corrected chi connectivity index (χ1v) is 6.50. The quantitative estimate of drug-likeness (QED) is 0.833. The average molecular weight is 226 g/mol. The third-order valence-electron chi connectivity index (χ3n) is 3.04. The minimum absolute atomic E-state index is 0.324. The highest BCUT2D eigenvalue weighted by atomic mass is 32.1. The summed E-state index contributed by atoms with van der Waals surface area (Å²) in [5, 5.41) is 8.84. The van der Waals surface area contributed by atoms with Gasteiger partial charge in [0.05, 0.1) is 5.51 Å². The SMILES string of the molecule is OCCCC1CCCN1Cc1cncs1. The van der Waals surface area contributed by atoms with E-state index in [0.29, 0.717) is 12.6 Å². The van der Waals surface area contributed by atoms with E-state index in [0.717, 1.165) is 19.4 Å². The Labute approximate surface area is 94.8 Å². The first-order chi connectivity index (χ1) is 7.40. The van der Waals surface area contributed by atoms with Crippen LogP contribution in [0.1, 0.15) is 30.6 Å². The first kappa shape index (κ1) is 11.0. The van der Waals surface area contributed by atoms with Crippen molar-refractivity contribution in [2.24, 2.45) is 0 Å². The summed E-state index contributed by atoms with van der Waals surface area (Å²) in [6, 6.07) is 0.680. The van der Waals surface area contributed by atoms with Gasteiger partial charge in [-0.3, -0.25) is 9.88 Å². The molecule has 2 heterocycles. The minimum atomic E-state index is 0.324. The van der Waals surface area contributed by atoms with Crippen LogP contribution in [0.4, 0.5) is 0 Å². The molecule has 1 fully saturated rings. The van der Waals surface area contributed by atoms with Crippen LogP contribution in [0.25, 0.3) is 0 Å². The highest BCUT2D eigenvalue weighted by molar-refractivity contribution is 7.09. The second-order valence-electron chi connectivity index (χ2n) is 4.10. The van der Waals surface area contributed by atoms with Gasteiger partial charge in [-0.05, 0) is 32.2 Å². The van der Waals surface area contributed by atoms with E-state index in [1.165, 1.54) is 24.3 Å². The molecule has 1 aromatic heterocycles. The Morgan fingerprint density at radius 2 is 2.53 bits per heavy atom. The second kappa shape index (κ2) is 5.58. The Hall–Kier alpha value is -0.450. The van der Waals surface area contributed by atoms with Gasteiger partial charge in [0.2, 0.25) is 0 Å². The van der Waals surface area contributed by atoms with Crippen molar-refractivity contribution in [1.29, 1.82) is 0 Å². The molecule has 1 unspecified atom stereocenters. The molecule has 1 aliphatic heterocycles. The Morgan fingerprint density at radius 1 is 1.60 bits per heavy atom. The maximum atomic E-state index is 8.84. The zero-order valence-electron chi connectivity index (χ0n) is 8.93. The number of thiazole rings is 1. The fourth-order valence-electron chi connectivity index (χ4n) is 2.28. The lowest BCUT2D eigenvalue weighted by Gasteiger charge is -2.23. The van der Waals surface area contributed by atoms with Gasteiger partial charge >= 0.3 is 0 Å². The van der Waals surface area contributed by atoms with Crippen LogP contribution in [-0.4, -0.2) is 34.2 Å². The highest BCUT2D eigenvalue weighted by Crippen LogP contribution is 2.24. The molecule has 0 amide bonds. The van der Waals surface area contributed by atoms with Gasteiger partial charge in [0.15, 0.2) is 0 Å². The topological polar surface area (TPSA) is 36.4 Å². The second-order valence-corrected chi connectivity index (χ2v) is 5.07. The van der Waals surface area contributed by atoms with E-state index in [1.807, 2.05) is 11.7 Å². The number of aliphatic hydroxyl groups excluding tert-OH is 1. The molecule has 1 N–H and O–H groups in total. The largest absolute Gasteiger partial charge is 0.396 e. The summed E-state index contributed by atoms with van der Waals surface area (Å²) in [5.41, 5.74) is 1.90. The van der Waals surface area contributed by atoms with E-state index in [-0.39, 0.29) is 0 Å². The average Bonchev–Trinajstić information content (AvgIpc) is 2.87. The summed E-state index contributed by atoms with van der Waals surface area (Å²) in [5.74, 6) is 0. The summed E-state index contributed by atoms with van der Waals surface area (Å²) in [4.78, 5) is 7.99. The summed E-state index contributed by atoms with van der Waals surface area (Å²) >= 11 is 1.73. The van der Waals surface area contributed by atoms with Gasteiger partial charge in [-0.2, -0.15) is 0 Å².